The fourth-order valence-corrected chi connectivity index (χ4v) is 1.65. The highest BCUT2D eigenvalue weighted by Gasteiger charge is 2.19. The van der Waals surface area contributed by atoms with Gasteiger partial charge in [0.2, 0.25) is 0 Å². The maximum absolute atomic E-state index is 11.4. The molecule has 1 unspecified atom stereocenters. The highest BCUT2D eigenvalue weighted by Crippen LogP contribution is 2.21. The molecule has 0 aliphatic rings. The molecule has 0 fully saturated rings. The van der Waals surface area contributed by atoms with Crippen molar-refractivity contribution in [3.63, 3.8) is 0 Å². The van der Waals surface area contributed by atoms with Gasteiger partial charge in [0.25, 0.3) is 0 Å². The van der Waals surface area contributed by atoms with Crippen LogP contribution in [-0.4, -0.2) is 25.9 Å². The molecule has 4 heteroatoms. The molecule has 0 heterocycles. The number of benzene rings is 1. The van der Waals surface area contributed by atoms with E-state index in [1.54, 1.807) is 7.11 Å². The van der Waals surface area contributed by atoms with E-state index in [9.17, 15) is 4.79 Å². The smallest absolute Gasteiger partial charge is 0.313 e. The van der Waals surface area contributed by atoms with Gasteiger partial charge in [-0.1, -0.05) is 12.1 Å². The van der Waals surface area contributed by atoms with Gasteiger partial charge in [0.1, 0.15) is 5.75 Å². The molecule has 0 spiro atoms. The number of methoxy groups -OCH3 is 2. The first-order valence-electron chi connectivity index (χ1n) is 4.55. The summed E-state index contributed by atoms with van der Waals surface area (Å²) in [7, 11) is 2.98. The van der Waals surface area contributed by atoms with E-state index in [4.69, 9.17) is 9.47 Å². The quantitative estimate of drug-likeness (QED) is 0.629. The van der Waals surface area contributed by atoms with E-state index < -0.39 is 0 Å². The van der Waals surface area contributed by atoms with Crippen LogP contribution < -0.4 is 4.74 Å². The van der Waals surface area contributed by atoms with Crippen LogP contribution in [0.3, 0.4) is 0 Å². The third kappa shape index (κ3) is 2.89. The van der Waals surface area contributed by atoms with Crippen LogP contribution in [0.2, 0.25) is 0 Å². The fourth-order valence-electron chi connectivity index (χ4n) is 1.29. The van der Waals surface area contributed by atoms with Crippen molar-refractivity contribution in [3.8, 4) is 5.75 Å². The zero-order valence-corrected chi connectivity index (χ0v) is 9.66. The maximum Gasteiger partial charge on any atom is 0.313 e. The molecule has 0 aliphatic carbocycles. The SMILES string of the molecule is COC(=O)C(CS)c1ccc(OC)cc1. The predicted molar refractivity (Wildman–Crippen MR) is 61.6 cm³/mol. The Morgan fingerprint density at radius 1 is 1.33 bits per heavy atom. The summed E-state index contributed by atoms with van der Waals surface area (Å²) in [5, 5.41) is 0. The van der Waals surface area contributed by atoms with Gasteiger partial charge in [0, 0.05) is 5.75 Å². The summed E-state index contributed by atoms with van der Waals surface area (Å²) in [6.07, 6.45) is 0. The minimum Gasteiger partial charge on any atom is -0.497 e. The Morgan fingerprint density at radius 2 is 1.93 bits per heavy atom. The van der Waals surface area contributed by atoms with Crippen molar-refractivity contribution in [1.29, 1.82) is 0 Å². The molecule has 1 aromatic rings. The lowest BCUT2D eigenvalue weighted by atomic mass is 10.0. The molecule has 3 nitrogen and oxygen atoms in total. The van der Waals surface area contributed by atoms with Gasteiger partial charge in [0.15, 0.2) is 0 Å². The van der Waals surface area contributed by atoms with Crippen molar-refractivity contribution in [3.05, 3.63) is 29.8 Å². The van der Waals surface area contributed by atoms with Gasteiger partial charge in [0.05, 0.1) is 20.1 Å². The topological polar surface area (TPSA) is 35.5 Å². The van der Waals surface area contributed by atoms with Crippen LogP contribution in [0.1, 0.15) is 11.5 Å². The van der Waals surface area contributed by atoms with Crippen LogP contribution in [0.15, 0.2) is 24.3 Å². The number of carbonyl (C=O) groups excluding carboxylic acids is 1. The molecule has 0 saturated carbocycles. The first-order chi connectivity index (χ1) is 7.22. The average molecular weight is 226 g/mol. The molecular formula is C11H14O3S. The van der Waals surface area contributed by atoms with Crippen LogP contribution in [0.4, 0.5) is 0 Å². The molecule has 0 aliphatic heterocycles. The van der Waals surface area contributed by atoms with Gasteiger partial charge in [-0.2, -0.15) is 12.6 Å². The van der Waals surface area contributed by atoms with Crippen molar-refractivity contribution in [2.75, 3.05) is 20.0 Å². The number of carbonyl (C=O) groups is 1. The molecule has 0 saturated heterocycles. The summed E-state index contributed by atoms with van der Waals surface area (Å²) in [6, 6.07) is 7.32. The van der Waals surface area contributed by atoms with Crippen molar-refractivity contribution in [2.45, 2.75) is 5.92 Å². The van der Waals surface area contributed by atoms with E-state index in [-0.39, 0.29) is 11.9 Å². The Labute approximate surface area is 94.8 Å². The average Bonchev–Trinajstić information content (AvgIpc) is 2.30. The molecule has 1 atom stereocenters. The van der Waals surface area contributed by atoms with Crippen molar-refractivity contribution >= 4 is 18.6 Å². The summed E-state index contributed by atoms with van der Waals surface area (Å²) in [5.74, 6) is 0.611. The Balaban J connectivity index is 2.87. The first-order valence-corrected chi connectivity index (χ1v) is 5.18. The van der Waals surface area contributed by atoms with Gasteiger partial charge >= 0.3 is 5.97 Å². The number of rotatable bonds is 4. The fraction of sp³-hybridized carbons (Fsp3) is 0.364. The van der Waals surface area contributed by atoms with Crippen LogP contribution in [-0.2, 0) is 9.53 Å². The zero-order valence-electron chi connectivity index (χ0n) is 8.77. The predicted octanol–water partition coefficient (Wildman–Crippen LogP) is 1.88. The van der Waals surface area contributed by atoms with Gasteiger partial charge in [-0.3, -0.25) is 4.79 Å². The second kappa shape index (κ2) is 5.66. The number of esters is 1. The van der Waals surface area contributed by atoms with Gasteiger partial charge in [-0.05, 0) is 17.7 Å². The molecule has 0 amide bonds. The van der Waals surface area contributed by atoms with E-state index in [0.29, 0.717) is 5.75 Å². The Hall–Kier alpha value is -1.16. The van der Waals surface area contributed by atoms with Gasteiger partial charge in [-0.15, -0.1) is 0 Å². The summed E-state index contributed by atoms with van der Waals surface area (Å²) < 4.78 is 9.73. The highest BCUT2D eigenvalue weighted by molar-refractivity contribution is 7.80. The van der Waals surface area contributed by atoms with Gasteiger partial charge in [-0.25, -0.2) is 0 Å². The molecule has 0 aromatic heterocycles. The lowest BCUT2D eigenvalue weighted by Gasteiger charge is -2.12. The number of ether oxygens (including phenoxy) is 2. The lowest BCUT2D eigenvalue weighted by molar-refractivity contribution is -0.141. The molecular weight excluding hydrogens is 212 g/mol. The van der Waals surface area contributed by atoms with E-state index in [1.807, 2.05) is 24.3 Å². The Morgan fingerprint density at radius 3 is 2.33 bits per heavy atom. The van der Waals surface area contributed by atoms with Crippen LogP contribution in [0.5, 0.6) is 5.75 Å². The molecule has 1 aromatic carbocycles. The third-order valence-electron chi connectivity index (χ3n) is 2.19. The summed E-state index contributed by atoms with van der Waals surface area (Å²) in [5.41, 5.74) is 0.887. The van der Waals surface area contributed by atoms with E-state index in [1.165, 1.54) is 7.11 Å². The summed E-state index contributed by atoms with van der Waals surface area (Å²) in [6.45, 7) is 0. The Bertz CT molecular complexity index is 321. The zero-order chi connectivity index (χ0) is 11.3. The summed E-state index contributed by atoms with van der Waals surface area (Å²) >= 11 is 4.14. The number of hydrogen-bond donors (Lipinski definition) is 1. The molecule has 82 valence electrons. The molecule has 0 radical (unpaired) electrons. The second-order valence-corrected chi connectivity index (χ2v) is 3.40. The minimum atomic E-state index is -0.316. The number of hydrogen-bond acceptors (Lipinski definition) is 4. The monoisotopic (exact) mass is 226 g/mol. The molecule has 0 N–H and O–H groups in total. The number of thiol groups is 1. The third-order valence-corrected chi connectivity index (χ3v) is 2.55. The Kier molecular flexibility index (Phi) is 4.49. The standard InChI is InChI=1S/C11H14O3S/c1-13-9-5-3-8(4-6-9)10(7-15)11(12)14-2/h3-6,10,15H,7H2,1-2H3. The molecule has 1 rings (SSSR count). The lowest BCUT2D eigenvalue weighted by Crippen LogP contribution is -2.15. The van der Waals surface area contributed by atoms with Crippen molar-refractivity contribution in [1.82, 2.24) is 0 Å². The summed E-state index contributed by atoms with van der Waals surface area (Å²) in [4.78, 5) is 11.4. The first kappa shape index (κ1) is 11.9. The van der Waals surface area contributed by atoms with Gasteiger partial charge < -0.3 is 9.47 Å². The van der Waals surface area contributed by atoms with Crippen molar-refractivity contribution < 1.29 is 14.3 Å². The minimum absolute atomic E-state index is 0.268. The van der Waals surface area contributed by atoms with E-state index in [2.05, 4.69) is 12.6 Å². The molecule has 15 heavy (non-hydrogen) atoms. The van der Waals surface area contributed by atoms with Crippen LogP contribution >= 0.6 is 12.6 Å². The van der Waals surface area contributed by atoms with Crippen LogP contribution in [0.25, 0.3) is 0 Å². The van der Waals surface area contributed by atoms with Crippen molar-refractivity contribution in [2.24, 2.45) is 0 Å². The maximum atomic E-state index is 11.4. The van der Waals surface area contributed by atoms with E-state index in [0.717, 1.165) is 11.3 Å². The molecule has 0 bridgehead atoms. The second-order valence-electron chi connectivity index (χ2n) is 3.03. The van der Waals surface area contributed by atoms with E-state index >= 15 is 0 Å². The largest absolute Gasteiger partial charge is 0.497 e. The normalized spacial score (nSPS) is 11.9. The van der Waals surface area contributed by atoms with Crippen LogP contribution in [0, 0.1) is 0 Å². The highest BCUT2D eigenvalue weighted by atomic mass is 32.1.